The van der Waals surface area contributed by atoms with Gasteiger partial charge in [-0.25, -0.2) is 0 Å². The normalized spacial score (nSPS) is 12.7. The standard InChI is InChI=1S/C14H16BrCl2N3/c1-2-6-20-14(10(15)8-19-20)13(18)7-9-11(16)4-3-5-12(9)17/h3-5,8,13H,2,6-7,18H2,1H3. The summed E-state index contributed by atoms with van der Waals surface area (Å²) in [4.78, 5) is 0. The van der Waals surface area contributed by atoms with Crippen LogP contribution in [0.3, 0.4) is 0 Å². The zero-order valence-corrected chi connectivity index (χ0v) is 14.2. The molecule has 0 aliphatic heterocycles. The van der Waals surface area contributed by atoms with E-state index in [1.807, 2.05) is 22.9 Å². The SMILES string of the molecule is CCCn1ncc(Br)c1C(N)Cc1c(Cl)cccc1Cl. The van der Waals surface area contributed by atoms with Gasteiger partial charge in [-0.3, -0.25) is 4.68 Å². The highest BCUT2D eigenvalue weighted by atomic mass is 79.9. The molecule has 1 heterocycles. The van der Waals surface area contributed by atoms with Crippen molar-refractivity contribution in [3.05, 3.63) is 50.2 Å². The van der Waals surface area contributed by atoms with Gasteiger partial charge in [0.25, 0.3) is 0 Å². The summed E-state index contributed by atoms with van der Waals surface area (Å²) in [6.45, 7) is 2.95. The molecule has 6 heteroatoms. The van der Waals surface area contributed by atoms with E-state index in [0.717, 1.165) is 28.7 Å². The number of halogens is 3. The van der Waals surface area contributed by atoms with E-state index >= 15 is 0 Å². The maximum Gasteiger partial charge on any atom is 0.0696 e. The second kappa shape index (κ2) is 6.94. The van der Waals surface area contributed by atoms with Gasteiger partial charge in [0.05, 0.1) is 22.4 Å². The van der Waals surface area contributed by atoms with Crippen LogP contribution in [0.25, 0.3) is 0 Å². The molecular formula is C14H16BrCl2N3. The largest absolute Gasteiger partial charge is 0.322 e. The van der Waals surface area contributed by atoms with Gasteiger partial charge in [0, 0.05) is 16.6 Å². The van der Waals surface area contributed by atoms with Gasteiger partial charge in [-0.05, 0) is 46.5 Å². The summed E-state index contributed by atoms with van der Waals surface area (Å²) in [5.74, 6) is 0. The van der Waals surface area contributed by atoms with E-state index in [-0.39, 0.29) is 6.04 Å². The van der Waals surface area contributed by atoms with Gasteiger partial charge in [-0.2, -0.15) is 5.10 Å². The Balaban J connectivity index is 2.28. The minimum atomic E-state index is -0.212. The number of hydrogen-bond acceptors (Lipinski definition) is 2. The van der Waals surface area contributed by atoms with Crippen LogP contribution in [0.5, 0.6) is 0 Å². The molecule has 1 aromatic heterocycles. The fraction of sp³-hybridized carbons (Fsp3) is 0.357. The maximum atomic E-state index is 6.33. The van der Waals surface area contributed by atoms with Crippen molar-refractivity contribution in [2.24, 2.45) is 5.73 Å². The molecule has 0 saturated heterocycles. The van der Waals surface area contributed by atoms with Gasteiger partial charge >= 0.3 is 0 Å². The van der Waals surface area contributed by atoms with E-state index < -0.39 is 0 Å². The molecular weight excluding hydrogens is 361 g/mol. The van der Waals surface area contributed by atoms with Gasteiger partial charge in [0.2, 0.25) is 0 Å². The lowest BCUT2D eigenvalue weighted by Crippen LogP contribution is -2.19. The van der Waals surface area contributed by atoms with Crippen molar-refractivity contribution >= 4 is 39.1 Å². The molecule has 0 bridgehead atoms. The van der Waals surface area contributed by atoms with E-state index in [1.165, 1.54) is 0 Å². The quantitative estimate of drug-likeness (QED) is 0.828. The summed E-state index contributed by atoms with van der Waals surface area (Å²) in [6, 6.07) is 5.27. The first-order chi connectivity index (χ1) is 9.54. The summed E-state index contributed by atoms with van der Waals surface area (Å²) in [7, 11) is 0. The molecule has 2 rings (SSSR count). The molecule has 0 amide bonds. The van der Waals surface area contributed by atoms with Crippen LogP contribution < -0.4 is 5.73 Å². The van der Waals surface area contributed by atoms with Gasteiger partial charge < -0.3 is 5.73 Å². The number of rotatable bonds is 5. The molecule has 0 radical (unpaired) electrons. The van der Waals surface area contributed by atoms with Crippen molar-refractivity contribution in [3.63, 3.8) is 0 Å². The van der Waals surface area contributed by atoms with Crippen LogP contribution >= 0.6 is 39.1 Å². The third kappa shape index (κ3) is 3.37. The van der Waals surface area contributed by atoms with E-state index in [4.69, 9.17) is 28.9 Å². The van der Waals surface area contributed by atoms with Crippen molar-refractivity contribution in [2.75, 3.05) is 0 Å². The van der Waals surface area contributed by atoms with Crippen LogP contribution in [0.1, 0.15) is 30.6 Å². The summed E-state index contributed by atoms with van der Waals surface area (Å²) in [6.07, 6.45) is 3.35. The Morgan fingerprint density at radius 1 is 1.35 bits per heavy atom. The molecule has 0 fully saturated rings. The van der Waals surface area contributed by atoms with Gasteiger partial charge in [0.1, 0.15) is 0 Å². The van der Waals surface area contributed by atoms with Crippen molar-refractivity contribution in [1.82, 2.24) is 9.78 Å². The minimum Gasteiger partial charge on any atom is -0.322 e. The van der Waals surface area contributed by atoms with Crippen molar-refractivity contribution < 1.29 is 0 Å². The van der Waals surface area contributed by atoms with Gasteiger partial charge in [-0.1, -0.05) is 36.2 Å². The Hall–Kier alpha value is -0.550. The number of nitrogens with two attached hydrogens (primary N) is 1. The van der Waals surface area contributed by atoms with Crippen LogP contribution in [0.2, 0.25) is 10.0 Å². The zero-order valence-electron chi connectivity index (χ0n) is 11.1. The lowest BCUT2D eigenvalue weighted by molar-refractivity contribution is 0.536. The predicted octanol–water partition coefficient (Wildman–Crippen LogP) is 4.60. The molecule has 1 aromatic carbocycles. The first-order valence-electron chi connectivity index (χ1n) is 6.44. The fourth-order valence-electron chi connectivity index (χ4n) is 2.17. The number of aryl methyl sites for hydroxylation is 1. The third-order valence-corrected chi connectivity index (χ3v) is 4.42. The molecule has 1 unspecified atom stereocenters. The second-order valence-electron chi connectivity index (χ2n) is 4.61. The first kappa shape index (κ1) is 15.8. The highest BCUT2D eigenvalue weighted by Crippen LogP contribution is 2.30. The molecule has 0 aliphatic carbocycles. The molecule has 108 valence electrons. The number of hydrogen-bond donors (Lipinski definition) is 1. The topological polar surface area (TPSA) is 43.8 Å². The Morgan fingerprint density at radius 2 is 2.00 bits per heavy atom. The lowest BCUT2D eigenvalue weighted by Gasteiger charge is -2.16. The van der Waals surface area contributed by atoms with Crippen molar-refractivity contribution in [3.8, 4) is 0 Å². The monoisotopic (exact) mass is 375 g/mol. The Morgan fingerprint density at radius 3 is 2.60 bits per heavy atom. The average molecular weight is 377 g/mol. The lowest BCUT2D eigenvalue weighted by atomic mass is 10.0. The van der Waals surface area contributed by atoms with Crippen molar-refractivity contribution in [2.45, 2.75) is 32.4 Å². The molecule has 0 aliphatic rings. The Kier molecular flexibility index (Phi) is 5.49. The first-order valence-corrected chi connectivity index (χ1v) is 7.99. The van der Waals surface area contributed by atoms with Crippen LogP contribution in [0, 0.1) is 0 Å². The molecule has 1 atom stereocenters. The van der Waals surface area contributed by atoms with E-state index in [9.17, 15) is 0 Å². The molecule has 0 saturated carbocycles. The summed E-state index contributed by atoms with van der Waals surface area (Å²) < 4.78 is 2.85. The highest BCUT2D eigenvalue weighted by Gasteiger charge is 2.19. The zero-order chi connectivity index (χ0) is 14.7. The summed E-state index contributed by atoms with van der Waals surface area (Å²) in [5, 5.41) is 5.63. The summed E-state index contributed by atoms with van der Waals surface area (Å²) in [5.41, 5.74) is 8.18. The van der Waals surface area contributed by atoms with E-state index in [2.05, 4.69) is 28.0 Å². The molecule has 3 nitrogen and oxygen atoms in total. The maximum absolute atomic E-state index is 6.33. The molecule has 20 heavy (non-hydrogen) atoms. The van der Waals surface area contributed by atoms with Gasteiger partial charge in [-0.15, -0.1) is 0 Å². The summed E-state index contributed by atoms with van der Waals surface area (Å²) >= 11 is 15.9. The van der Waals surface area contributed by atoms with Crippen LogP contribution in [-0.2, 0) is 13.0 Å². The van der Waals surface area contributed by atoms with Crippen LogP contribution in [0.4, 0.5) is 0 Å². The van der Waals surface area contributed by atoms with E-state index in [0.29, 0.717) is 16.5 Å². The predicted molar refractivity (Wildman–Crippen MR) is 87.3 cm³/mol. The van der Waals surface area contributed by atoms with E-state index in [1.54, 1.807) is 6.20 Å². The second-order valence-corrected chi connectivity index (χ2v) is 6.28. The smallest absolute Gasteiger partial charge is 0.0696 e. The average Bonchev–Trinajstić information content (AvgIpc) is 2.76. The number of nitrogens with zero attached hydrogens (tertiary/aromatic N) is 2. The van der Waals surface area contributed by atoms with Crippen LogP contribution in [0.15, 0.2) is 28.9 Å². The number of benzene rings is 1. The van der Waals surface area contributed by atoms with Crippen molar-refractivity contribution in [1.29, 1.82) is 0 Å². The Labute approximate surface area is 137 Å². The molecule has 2 aromatic rings. The van der Waals surface area contributed by atoms with Gasteiger partial charge in [0.15, 0.2) is 0 Å². The number of aromatic nitrogens is 2. The van der Waals surface area contributed by atoms with Crippen LogP contribution in [-0.4, -0.2) is 9.78 Å². The minimum absolute atomic E-state index is 0.212. The fourth-order valence-corrected chi connectivity index (χ4v) is 3.32. The molecule has 2 N–H and O–H groups in total. The Bertz CT molecular complexity index is 578. The molecule has 0 spiro atoms. The highest BCUT2D eigenvalue weighted by molar-refractivity contribution is 9.10. The third-order valence-electron chi connectivity index (χ3n) is 3.11.